The van der Waals surface area contributed by atoms with Gasteiger partial charge in [-0.05, 0) is 35.0 Å². The number of aromatic carboxylic acids is 1. The summed E-state index contributed by atoms with van der Waals surface area (Å²) in [5.41, 5.74) is 0.163. The van der Waals surface area contributed by atoms with Crippen LogP contribution in [-0.2, 0) is 4.74 Å². The Bertz CT molecular complexity index is 517. The van der Waals surface area contributed by atoms with Gasteiger partial charge in [-0.2, -0.15) is 0 Å². The van der Waals surface area contributed by atoms with Gasteiger partial charge in [-0.25, -0.2) is 4.79 Å². The number of nitrogens with zero attached hydrogens (tertiary/aromatic N) is 1. The molecule has 1 aromatic rings. The average molecular weight is 374 g/mol. The monoisotopic (exact) mass is 373 g/mol. The van der Waals surface area contributed by atoms with Gasteiger partial charge in [0.1, 0.15) is 6.61 Å². The summed E-state index contributed by atoms with van der Waals surface area (Å²) in [5, 5.41) is 9.10. The topological polar surface area (TPSA) is 68.2 Å². The first-order valence-electron chi connectivity index (χ1n) is 7.24. The van der Waals surface area contributed by atoms with Crippen molar-refractivity contribution in [1.82, 2.24) is 4.90 Å². The lowest BCUT2D eigenvalue weighted by molar-refractivity contribution is 0.0320. The minimum atomic E-state index is -0.999. The van der Waals surface area contributed by atoms with Gasteiger partial charge >= 0.3 is 5.97 Å². The van der Waals surface area contributed by atoms with Gasteiger partial charge in [0.05, 0.1) is 29.9 Å². The minimum absolute atomic E-state index is 0.163. The summed E-state index contributed by atoms with van der Waals surface area (Å²) in [6.45, 7) is 6.89. The fourth-order valence-corrected chi connectivity index (χ4v) is 2.75. The van der Waals surface area contributed by atoms with Crippen molar-refractivity contribution < 1.29 is 24.1 Å². The Morgan fingerprint density at radius 1 is 1.36 bits per heavy atom. The van der Waals surface area contributed by atoms with Crippen LogP contribution >= 0.6 is 15.9 Å². The van der Waals surface area contributed by atoms with Crippen molar-refractivity contribution in [2.45, 2.75) is 6.92 Å². The van der Waals surface area contributed by atoms with Crippen LogP contribution in [0.5, 0.6) is 11.5 Å². The molecule has 1 fully saturated rings. The van der Waals surface area contributed by atoms with Gasteiger partial charge in [0.2, 0.25) is 0 Å². The molecule has 0 saturated carbocycles. The van der Waals surface area contributed by atoms with Gasteiger partial charge in [-0.1, -0.05) is 0 Å². The molecule has 6 nitrogen and oxygen atoms in total. The van der Waals surface area contributed by atoms with Crippen molar-refractivity contribution >= 4 is 21.9 Å². The lowest BCUT2D eigenvalue weighted by atomic mass is 10.2. The third-order valence-corrected chi connectivity index (χ3v) is 3.90. The van der Waals surface area contributed by atoms with Crippen LogP contribution in [-0.4, -0.2) is 62.0 Å². The second-order valence-electron chi connectivity index (χ2n) is 4.83. The first-order valence-corrected chi connectivity index (χ1v) is 8.03. The molecule has 0 amide bonds. The molecule has 122 valence electrons. The second-order valence-corrected chi connectivity index (χ2v) is 5.68. The molecule has 0 aliphatic carbocycles. The number of morpholine rings is 1. The molecule has 0 spiro atoms. The van der Waals surface area contributed by atoms with E-state index in [2.05, 4.69) is 20.8 Å². The quantitative estimate of drug-likeness (QED) is 0.790. The lowest BCUT2D eigenvalue weighted by Gasteiger charge is -2.26. The molecule has 7 heteroatoms. The minimum Gasteiger partial charge on any atom is -0.490 e. The molecule has 0 radical (unpaired) electrons. The zero-order valence-corrected chi connectivity index (χ0v) is 14.1. The van der Waals surface area contributed by atoms with E-state index in [-0.39, 0.29) is 5.56 Å². The van der Waals surface area contributed by atoms with Gasteiger partial charge in [-0.3, -0.25) is 4.90 Å². The fourth-order valence-electron chi connectivity index (χ4n) is 2.20. The molecule has 1 heterocycles. The summed E-state index contributed by atoms with van der Waals surface area (Å²) in [7, 11) is 0. The maximum Gasteiger partial charge on any atom is 0.335 e. The van der Waals surface area contributed by atoms with E-state index < -0.39 is 5.97 Å². The zero-order chi connectivity index (χ0) is 15.9. The Labute approximate surface area is 138 Å². The highest BCUT2D eigenvalue weighted by atomic mass is 79.9. The molecular weight excluding hydrogens is 354 g/mol. The first kappa shape index (κ1) is 17.1. The number of hydrogen-bond donors (Lipinski definition) is 1. The van der Waals surface area contributed by atoms with Crippen molar-refractivity contribution in [3.63, 3.8) is 0 Å². The highest BCUT2D eigenvalue weighted by molar-refractivity contribution is 9.10. The Morgan fingerprint density at radius 2 is 2.09 bits per heavy atom. The van der Waals surface area contributed by atoms with Crippen LogP contribution in [0, 0.1) is 0 Å². The summed E-state index contributed by atoms with van der Waals surface area (Å²) in [6, 6.07) is 3.01. The van der Waals surface area contributed by atoms with Crippen molar-refractivity contribution in [2.24, 2.45) is 0 Å². The van der Waals surface area contributed by atoms with E-state index in [0.29, 0.717) is 29.2 Å². The van der Waals surface area contributed by atoms with Crippen LogP contribution in [0.2, 0.25) is 0 Å². The summed E-state index contributed by atoms with van der Waals surface area (Å²) in [5.74, 6) is -0.0159. The van der Waals surface area contributed by atoms with E-state index in [1.54, 1.807) is 0 Å². The van der Waals surface area contributed by atoms with Gasteiger partial charge in [0.25, 0.3) is 0 Å². The molecule has 0 atom stereocenters. The fraction of sp³-hybridized carbons (Fsp3) is 0.533. The van der Waals surface area contributed by atoms with Crippen LogP contribution in [0.4, 0.5) is 0 Å². The number of carbonyl (C=O) groups is 1. The van der Waals surface area contributed by atoms with Crippen LogP contribution in [0.15, 0.2) is 16.6 Å². The van der Waals surface area contributed by atoms with E-state index in [0.717, 1.165) is 32.8 Å². The summed E-state index contributed by atoms with van der Waals surface area (Å²) in [4.78, 5) is 13.4. The van der Waals surface area contributed by atoms with Crippen molar-refractivity contribution in [2.75, 3.05) is 46.1 Å². The van der Waals surface area contributed by atoms with Crippen molar-refractivity contribution in [3.8, 4) is 11.5 Å². The predicted molar refractivity (Wildman–Crippen MR) is 85.0 cm³/mol. The number of rotatable bonds is 7. The van der Waals surface area contributed by atoms with Crippen molar-refractivity contribution in [1.29, 1.82) is 0 Å². The van der Waals surface area contributed by atoms with Crippen LogP contribution in [0.3, 0.4) is 0 Å². The molecule has 22 heavy (non-hydrogen) atoms. The molecule has 0 aromatic heterocycles. The number of benzene rings is 1. The maximum absolute atomic E-state index is 11.1. The SMILES string of the molecule is CCOc1cc(C(=O)O)cc(Br)c1OCCN1CCOCC1. The normalized spacial score (nSPS) is 15.5. The maximum atomic E-state index is 11.1. The Morgan fingerprint density at radius 3 is 2.73 bits per heavy atom. The van der Waals surface area contributed by atoms with E-state index in [4.69, 9.17) is 19.3 Å². The number of ether oxygens (including phenoxy) is 3. The third-order valence-electron chi connectivity index (χ3n) is 3.31. The summed E-state index contributed by atoms with van der Waals surface area (Å²) >= 11 is 3.36. The summed E-state index contributed by atoms with van der Waals surface area (Å²) in [6.07, 6.45) is 0. The van der Waals surface area contributed by atoms with E-state index >= 15 is 0 Å². The number of hydrogen-bond acceptors (Lipinski definition) is 5. The smallest absolute Gasteiger partial charge is 0.335 e. The van der Waals surface area contributed by atoms with E-state index in [1.807, 2.05) is 6.92 Å². The third kappa shape index (κ3) is 4.59. The van der Waals surface area contributed by atoms with Crippen LogP contribution in [0.25, 0.3) is 0 Å². The highest BCUT2D eigenvalue weighted by Crippen LogP contribution is 2.37. The molecular formula is C15H20BrNO5. The predicted octanol–water partition coefficient (Wildman–Crippen LogP) is 2.26. The van der Waals surface area contributed by atoms with Gasteiger partial charge < -0.3 is 19.3 Å². The largest absolute Gasteiger partial charge is 0.490 e. The number of carboxylic acid groups (broad SMARTS) is 1. The number of carboxylic acids is 1. The molecule has 1 aliphatic rings. The molecule has 2 rings (SSSR count). The second kappa shape index (κ2) is 8.36. The first-order chi connectivity index (χ1) is 10.6. The summed E-state index contributed by atoms with van der Waals surface area (Å²) < 4.78 is 17.2. The number of halogens is 1. The van der Waals surface area contributed by atoms with Gasteiger partial charge in [0, 0.05) is 19.6 Å². The van der Waals surface area contributed by atoms with Crippen LogP contribution < -0.4 is 9.47 Å². The Balaban J connectivity index is 2.03. The Hall–Kier alpha value is -1.31. The average Bonchev–Trinajstić information content (AvgIpc) is 2.50. The molecule has 0 bridgehead atoms. The molecule has 1 aliphatic heterocycles. The lowest BCUT2D eigenvalue weighted by Crippen LogP contribution is -2.38. The highest BCUT2D eigenvalue weighted by Gasteiger charge is 2.16. The van der Waals surface area contributed by atoms with E-state index in [9.17, 15) is 4.79 Å². The van der Waals surface area contributed by atoms with Gasteiger partial charge in [0.15, 0.2) is 11.5 Å². The Kier molecular flexibility index (Phi) is 6.48. The van der Waals surface area contributed by atoms with Crippen LogP contribution in [0.1, 0.15) is 17.3 Å². The molecule has 0 unspecified atom stereocenters. The standard InChI is InChI=1S/C15H20BrNO5/c1-2-21-13-10-11(15(18)19)9-12(16)14(13)22-8-5-17-3-6-20-7-4-17/h9-10H,2-8H2,1H3,(H,18,19). The molecule has 1 N–H and O–H groups in total. The molecule has 1 saturated heterocycles. The van der Waals surface area contributed by atoms with Crippen molar-refractivity contribution in [3.05, 3.63) is 22.2 Å². The van der Waals surface area contributed by atoms with Gasteiger partial charge in [-0.15, -0.1) is 0 Å². The molecule has 1 aromatic carbocycles. The zero-order valence-electron chi connectivity index (χ0n) is 12.5. The van der Waals surface area contributed by atoms with E-state index in [1.165, 1.54) is 12.1 Å².